The summed E-state index contributed by atoms with van der Waals surface area (Å²) in [5, 5.41) is 2.72. The number of carbonyl (C=O) groups is 1. The number of carbonyl (C=O) groups excluding carboxylic acids is 1. The zero-order chi connectivity index (χ0) is 17.6. The van der Waals surface area contributed by atoms with Crippen molar-refractivity contribution < 1.29 is 9.53 Å². The molecule has 0 aliphatic rings. The standard InChI is InChI=1S/C20H19N3O2/c1-14-11-15(2)22-20(21-14)23-19(24)17-9-6-10-18(12-17)25-13-16-7-4-3-5-8-16/h3-12H,13H2,1-2H3,(H,21,22,23,24). The zero-order valence-electron chi connectivity index (χ0n) is 14.2. The summed E-state index contributed by atoms with van der Waals surface area (Å²) in [5.74, 6) is 0.672. The van der Waals surface area contributed by atoms with Crippen LogP contribution >= 0.6 is 0 Å². The van der Waals surface area contributed by atoms with E-state index in [1.807, 2.05) is 56.3 Å². The first kappa shape index (κ1) is 16.6. The van der Waals surface area contributed by atoms with Gasteiger partial charge in [-0.1, -0.05) is 36.4 Å². The quantitative estimate of drug-likeness (QED) is 0.768. The second kappa shape index (κ2) is 7.57. The van der Waals surface area contributed by atoms with E-state index in [1.165, 1.54) is 0 Å². The molecule has 1 aromatic heterocycles. The molecule has 3 rings (SSSR count). The summed E-state index contributed by atoms with van der Waals surface area (Å²) in [7, 11) is 0. The van der Waals surface area contributed by atoms with E-state index in [0.29, 0.717) is 23.9 Å². The number of benzene rings is 2. The largest absolute Gasteiger partial charge is 0.489 e. The minimum Gasteiger partial charge on any atom is -0.489 e. The van der Waals surface area contributed by atoms with Crippen molar-refractivity contribution >= 4 is 11.9 Å². The van der Waals surface area contributed by atoms with Crippen molar-refractivity contribution in [2.75, 3.05) is 5.32 Å². The molecular weight excluding hydrogens is 314 g/mol. The van der Waals surface area contributed by atoms with Gasteiger partial charge in [-0.05, 0) is 43.7 Å². The van der Waals surface area contributed by atoms with E-state index in [2.05, 4.69) is 15.3 Å². The minimum absolute atomic E-state index is 0.268. The van der Waals surface area contributed by atoms with Crippen LogP contribution in [0.4, 0.5) is 5.95 Å². The van der Waals surface area contributed by atoms with Crippen LogP contribution < -0.4 is 10.1 Å². The first-order valence-electron chi connectivity index (χ1n) is 8.00. The molecule has 0 saturated heterocycles. The molecule has 0 atom stereocenters. The van der Waals surface area contributed by atoms with E-state index >= 15 is 0 Å². The highest BCUT2D eigenvalue weighted by atomic mass is 16.5. The first-order chi connectivity index (χ1) is 12.1. The minimum atomic E-state index is -0.268. The second-order valence-corrected chi connectivity index (χ2v) is 5.73. The number of anilines is 1. The third-order valence-corrected chi connectivity index (χ3v) is 3.55. The normalized spacial score (nSPS) is 10.3. The van der Waals surface area contributed by atoms with E-state index in [9.17, 15) is 4.79 Å². The number of rotatable bonds is 5. The summed E-state index contributed by atoms with van der Waals surface area (Å²) in [4.78, 5) is 20.9. The van der Waals surface area contributed by atoms with Crippen LogP contribution in [0.3, 0.4) is 0 Å². The van der Waals surface area contributed by atoms with Crippen molar-refractivity contribution in [3.63, 3.8) is 0 Å². The molecule has 0 aliphatic carbocycles. The monoisotopic (exact) mass is 333 g/mol. The summed E-state index contributed by atoms with van der Waals surface area (Å²) < 4.78 is 5.76. The third-order valence-electron chi connectivity index (χ3n) is 3.55. The molecule has 2 aromatic carbocycles. The number of aromatic nitrogens is 2. The number of aryl methyl sites for hydroxylation is 2. The SMILES string of the molecule is Cc1cc(C)nc(NC(=O)c2cccc(OCc3ccccc3)c2)n1. The Balaban J connectivity index is 1.68. The topological polar surface area (TPSA) is 64.1 Å². The van der Waals surface area contributed by atoms with E-state index < -0.39 is 0 Å². The van der Waals surface area contributed by atoms with Crippen LogP contribution in [0, 0.1) is 13.8 Å². The number of nitrogens with zero attached hydrogens (tertiary/aromatic N) is 2. The summed E-state index contributed by atoms with van der Waals surface area (Å²) in [6.07, 6.45) is 0. The van der Waals surface area contributed by atoms with Gasteiger partial charge in [-0.2, -0.15) is 0 Å². The fourth-order valence-electron chi connectivity index (χ4n) is 2.42. The van der Waals surface area contributed by atoms with E-state index in [0.717, 1.165) is 17.0 Å². The number of ether oxygens (including phenoxy) is 1. The van der Waals surface area contributed by atoms with E-state index in [1.54, 1.807) is 18.2 Å². The Kier molecular flexibility index (Phi) is 5.04. The Labute approximate surface area is 146 Å². The lowest BCUT2D eigenvalue weighted by molar-refractivity contribution is 0.102. The lowest BCUT2D eigenvalue weighted by atomic mass is 10.2. The van der Waals surface area contributed by atoms with Crippen molar-refractivity contribution in [3.05, 3.63) is 83.2 Å². The summed E-state index contributed by atoms with van der Waals surface area (Å²) in [6, 6.07) is 18.8. The maximum Gasteiger partial charge on any atom is 0.258 e. The highest BCUT2D eigenvalue weighted by molar-refractivity contribution is 6.03. The molecule has 0 spiro atoms. The van der Waals surface area contributed by atoms with Gasteiger partial charge in [0.25, 0.3) is 5.91 Å². The predicted molar refractivity (Wildman–Crippen MR) is 96.7 cm³/mol. The molecule has 1 amide bonds. The summed E-state index contributed by atoms with van der Waals surface area (Å²) in [6.45, 7) is 4.18. The fourth-order valence-corrected chi connectivity index (χ4v) is 2.42. The molecule has 0 fully saturated rings. The van der Waals surface area contributed by atoms with Gasteiger partial charge in [-0.25, -0.2) is 9.97 Å². The average Bonchev–Trinajstić information content (AvgIpc) is 2.60. The van der Waals surface area contributed by atoms with Crippen LogP contribution in [0.5, 0.6) is 5.75 Å². The molecule has 126 valence electrons. The number of amides is 1. The molecule has 0 unspecified atom stereocenters. The van der Waals surface area contributed by atoms with Gasteiger partial charge in [0.15, 0.2) is 0 Å². The molecule has 3 aromatic rings. The van der Waals surface area contributed by atoms with Crippen molar-refractivity contribution in [3.8, 4) is 5.75 Å². The van der Waals surface area contributed by atoms with Gasteiger partial charge in [0.2, 0.25) is 5.95 Å². The maximum absolute atomic E-state index is 12.4. The Bertz CT molecular complexity index is 859. The smallest absolute Gasteiger partial charge is 0.258 e. The molecule has 1 N–H and O–H groups in total. The summed E-state index contributed by atoms with van der Waals surface area (Å²) >= 11 is 0. The van der Waals surface area contributed by atoms with Crippen molar-refractivity contribution in [1.29, 1.82) is 0 Å². The van der Waals surface area contributed by atoms with Gasteiger partial charge in [0, 0.05) is 17.0 Å². The van der Waals surface area contributed by atoms with Gasteiger partial charge in [0.1, 0.15) is 12.4 Å². The van der Waals surface area contributed by atoms with Gasteiger partial charge in [-0.3, -0.25) is 10.1 Å². The van der Waals surface area contributed by atoms with Gasteiger partial charge >= 0.3 is 0 Å². The molecule has 0 radical (unpaired) electrons. The van der Waals surface area contributed by atoms with Gasteiger partial charge in [-0.15, -0.1) is 0 Å². The number of hydrogen-bond donors (Lipinski definition) is 1. The van der Waals surface area contributed by atoms with Crippen LogP contribution in [0.2, 0.25) is 0 Å². The molecular formula is C20H19N3O2. The first-order valence-corrected chi connectivity index (χ1v) is 8.00. The summed E-state index contributed by atoms with van der Waals surface area (Å²) in [5.41, 5.74) is 3.18. The second-order valence-electron chi connectivity index (χ2n) is 5.73. The molecule has 5 heteroatoms. The fraction of sp³-hybridized carbons (Fsp3) is 0.150. The van der Waals surface area contributed by atoms with Crippen LogP contribution in [-0.4, -0.2) is 15.9 Å². The van der Waals surface area contributed by atoms with Crippen LogP contribution in [0.15, 0.2) is 60.7 Å². The third kappa shape index (κ3) is 4.64. The Hall–Kier alpha value is -3.21. The Morgan fingerprint density at radius 2 is 1.68 bits per heavy atom. The number of nitrogens with one attached hydrogen (secondary N) is 1. The lowest BCUT2D eigenvalue weighted by Gasteiger charge is -2.09. The molecule has 5 nitrogen and oxygen atoms in total. The van der Waals surface area contributed by atoms with Crippen LogP contribution in [0.25, 0.3) is 0 Å². The highest BCUT2D eigenvalue weighted by Crippen LogP contribution is 2.16. The van der Waals surface area contributed by atoms with Gasteiger partial charge in [0.05, 0.1) is 0 Å². The maximum atomic E-state index is 12.4. The highest BCUT2D eigenvalue weighted by Gasteiger charge is 2.10. The van der Waals surface area contributed by atoms with Crippen LogP contribution in [0.1, 0.15) is 27.3 Å². The predicted octanol–water partition coefficient (Wildman–Crippen LogP) is 3.92. The zero-order valence-corrected chi connectivity index (χ0v) is 14.2. The van der Waals surface area contributed by atoms with Crippen molar-refractivity contribution in [1.82, 2.24) is 9.97 Å². The molecule has 0 bridgehead atoms. The lowest BCUT2D eigenvalue weighted by Crippen LogP contribution is -2.15. The molecule has 1 heterocycles. The van der Waals surface area contributed by atoms with Crippen molar-refractivity contribution in [2.24, 2.45) is 0 Å². The van der Waals surface area contributed by atoms with E-state index in [4.69, 9.17) is 4.74 Å². The van der Waals surface area contributed by atoms with E-state index in [-0.39, 0.29) is 5.91 Å². The number of hydrogen-bond acceptors (Lipinski definition) is 4. The molecule has 25 heavy (non-hydrogen) atoms. The van der Waals surface area contributed by atoms with Crippen molar-refractivity contribution in [2.45, 2.75) is 20.5 Å². The Morgan fingerprint density at radius 1 is 0.960 bits per heavy atom. The van der Waals surface area contributed by atoms with Crippen LogP contribution in [-0.2, 0) is 6.61 Å². The average molecular weight is 333 g/mol. The van der Waals surface area contributed by atoms with Gasteiger partial charge < -0.3 is 4.74 Å². The molecule has 0 aliphatic heterocycles. The Morgan fingerprint density at radius 3 is 2.40 bits per heavy atom. The molecule has 0 saturated carbocycles.